The van der Waals surface area contributed by atoms with Gasteiger partial charge in [0.05, 0.1) is 0 Å². The standard InChI is InChI=1S/C14H15NO2/c1-2-11-12(16)7-8-13(17)14(11)9-3-5-10(15)6-4-9/h3-8,16-17H,2,15H2,1H3. The predicted octanol–water partition coefficient (Wildman–Crippen LogP) is 2.91. The van der Waals surface area contributed by atoms with Gasteiger partial charge < -0.3 is 15.9 Å². The molecular formula is C14H15NO2. The van der Waals surface area contributed by atoms with Gasteiger partial charge in [0, 0.05) is 16.8 Å². The first kappa shape index (κ1) is 11.3. The highest BCUT2D eigenvalue weighted by atomic mass is 16.3. The zero-order chi connectivity index (χ0) is 12.4. The highest BCUT2D eigenvalue weighted by molar-refractivity contribution is 5.76. The molecule has 0 radical (unpaired) electrons. The highest BCUT2D eigenvalue weighted by Crippen LogP contribution is 2.37. The molecule has 0 fully saturated rings. The molecule has 0 aliphatic rings. The molecule has 2 rings (SSSR count). The summed E-state index contributed by atoms with van der Waals surface area (Å²) in [5, 5.41) is 19.7. The van der Waals surface area contributed by atoms with Gasteiger partial charge in [0.2, 0.25) is 0 Å². The Balaban J connectivity index is 2.65. The number of benzene rings is 2. The van der Waals surface area contributed by atoms with Crippen molar-refractivity contribution < 1.29 is 10.2 Å². The molecule has 0 spiro atoms. The van der Waals surface area contributed by atoms with Crippen LogP contribution in [0.15, 0.2) is 36.4 Å². The second kappa shape index (κ2) is 4.37. The molecule has 88 valence electrons. The summed E-state index contributed by atoms with van der Waals surface area (Å²) in [6.07, 6.45) is 0.653. The molecule has 3 nitrogen and oxygen atoms in total. The van der Waals surface area contributed by atoms with E-state index < -0.39 is 0 Å². The lowest BCUT2D eigenvalue weighted by Gasteiger charge is -2.12. The highest BCUT2D eigenvalue weighted by Gasteiger charge is 2.12. The Labute approximate surface area is 100 Å². The maximum Gasteiger partial charge on any atom is 0.123 e. The Bertz CT molecular complexity index is 533. The van der Waals surface area contributed by atoms with Crippen LogP contribution in [0.4, 0.5) is 5.69 Å². The molecule has 0 aliphatic carbocycles. The largest absolute Gasteiger partial charge is 0.508 e. The van der Waals surface area contributed by atoms with Crippen LogP contribution in [-0.4, -0.2) is 10.2 Å². The lowest BCUT2D eigenvalue weighted by molar-refractivity contribution is 0.456. The van der Waals surface area contributed by atoms with Crippen LogP contribution >= 0.6 is 0 Å². The molecular weight excluding hydrogens is 214 g/mol. The summed E-state index contributed by atoms with van der Waals surface area (Å²) in [6.45, 7) is 1.94. The molecule has 0 aromatic heterocycles. The summed E-state index contributed by atoms with van der Waals surface area (Å²) < 4.78 is 0. The Morgan fingerprint density at radius 2 is 1.53 bits per heavy atom. The lowest BCUT2D eigenvalue weighted by Crippen LogP contribution is -1.90. The van der Waals surface area contributed by atoms with Crippen molar-refractivity contribution in [2.45, 2.75) is 13.3 Å². The van der Waals surface area contributed by atoms with Crippen molar-refractivity contribution >= 4 is 5.69 Å². The third kappa shape index (κ3) is 2.04. The summed E-state index contributed by atoms with van der Waals surface area (Å²) in [5.74, 6) is 0.376. The van der Waals surface area contributed by atoms with Crippen molar-refractivity contribution in [3.8, 4) is 22.6 Å². The van der Waals surface area contributed by atoms with Crippen molar-refractivity contribution in [3.05, 3.63) is 42.0 Å². The Morgan fingerprint density at radius 3 is 2.12 bits per heavy atom. The summed E-state index contributed by atoms with van der Waals surface area (Å²) in [4.78, 5) is 0. The number of hydrogen-bond acceptors (Lipinski definition) is 3. The van der Waals surface area contributed by atoms with Crippen LogP contribution in [0.5, 0.6) is 11.5 Å². The Kier molecular flexibility index (Phi) is 2.91. The van der Waals surface area contributed by atoms with Crippen molar-refractivity contribution in [2.75, 3.05) is 5.73 Å². The molecule has 0 unspecified atom stereocenters. The molecule has 3 heteroatoms. The van der Waals surface area contributed by atoms with Crippen LogP contribution in [0.2, 0.25) is 0 Å². The van der Waals surface area contributed by atoms with Crippen LogP contribution in [0.25, 0.3) is 11.1 Å². The van der Waals surface area contributed by atoms with E-state index in [9.17, 15) is 10.2 Å². The second-order valence-corrected chi connectivity index (χ2v) is 3.93. The Hall–Kier alpha value is -2.16. The van der Waals surface area contributed by atoms with Crippen molar-refractivity contribution in [1.29, 1.82) is 0 Å². The molecule has 0 bridgehead atoms. The van der Waals surface area contributed by atoms with Crippen LogP contribution in [0.3, 0.4) is 0 Å². The summed E-state index contributed by atoms with van der Waals surface area (Å²) in [7, 11) is 0. The first-order valence-electron chi connectivity index (χ1n) is 5.53. The van der Waals surface area contributed by atoms with Gasteiger partial charge in [-0.15, -0.1) is 0 Å². The van der Waals surface area contributed by atoms with Gasteiger partial charge in [-0.25, -0.2) is 0 Å². The molecule has 0 amide bonds. The Morgan fingerprint density at radius 1 is 0.941 bits per heavy atom. The van der Waals surface area contributed by atoms with Crippen molar-refractivity contribution in [1.82, 2.24) is 0 Å². The first-order valence-corrected chi connectivity index (χ1v) is 5.53. The van der Waals surface area contributed by atoms with Gasteiger partial charge in [0.15, 0.2) is 0 Å². The van der Waals surface area contributed by atoms with Gasteiger partial charge in [-0.1, -0.05) is 19.1 Å². The number of rotatable bonds is 2. The van der Waals surface area contributed by atoms with E-state index >= 15 is 0 Å². The minimum Gasteiger partial charge on any atom is -0.508 e. The first-order chi connectivity index (χ1) is 8.13. The average molecular weight is 229 g/mol. The molecule has 2 aromatic rings. The van der Waals surface area contributed by atoms with E-state index in [0.717, 1.165) is 11.1 Å². The topological polar surface area (TPSA) is 66.5 Å². The summed E-state index contributed by atoms with van der Waals surface area (Å²) >= 11 is 0. The van der Waals surface area contributed by atoms with E-state index in [1.807, 2.05) is 19.1 Å². The SMILES string of the molecule is CCc1c(O)ccc(O)c1-c1ccc(N)cc1. The number of nitrogen functional groups attached to an aromatic ring is 1. The predicted molar refractivity (Wildman–Crippen MR) is 69.0 cm³/mol. The second-order valence-electron chi connectivity index (χ2n) is 3.93. The molecule has 4 N–H and O–H groups in total. The smallest absolute Gasteiger partial charge is 0.123 e. The summed E-state index contributed by atoms with van der Waals surface area (Å²) in [5.41, 5.74) is 8.57. The zero-order valence-corrected chi connectivity index (χ0v) is 9.64. The van der Waals surface area contributed by atoms with E-state index in [-0.39, 0.29) is 11.5 Å². The fourth-order valence-corrected chi connectivity index (χ4v) is 1.95. The quantitative estimate of drug-likeness (QED) is 0.548. The van der Waals surface area contributed by atoms with E-state index in [2.05, 4.69) is 0 Å². The molecule has 0 aliphatic heterocycles. The molecule has 0 atom stereocenters. The molecule has 0 heterocycles. The van der Waals surface area contributed by atoms with Gasteiger partial charge in [0.1, 0.15) is 11.5 Å². The van der Waals surface area contributed by atoms with Gasteiger partial charge in [0.25, 0.3) is 0 Å². The van der Waals surface area contributed by atoms with Crippen molar-refractivity contribution in [2.24, 2.45) is 0 Å². The number of phenols is 2. The van der Waals surface area contributed by atoms with Crippen LogP contribution < -0.4 is 5.73 Å². The monoisotopic (exact) mass is 229 g/mol. The molecule has 0 saturated carbocycles. The van der Waals surface area contributed by atoms with E-state index in [0.29, 0.717) is 17.7 Å². The van der Waals surface area contributed by atoms with Crippen molar-refractivity contribution in [3.63, 3.8) is 0 Å². The van der Waals surface area contributed by atoms with Crippen LogP contribution in [0, 0.1) is 0 Å². The number of anilines is 1. The minimum absolute atomic E-state index is 0.171. The maximum absolute atomic E-state index is 9.93. The van der Waals surface area contributed by atoms with Gasteiger partial charge in [-0.3, -0.25) is 0 Å². The minimum atomic E-state index is 0.171. The lowest BCUT2D eigenvalue weighted by atomic mass is 9.96. The third-order valence-corrected chi connectivity index (χ3v) is 2.82. The molecule has 2 aromatic carbocycles. The summed E-state index contributed by atoms with van der Waals surface area (Å²) in [6, 6.07) is 10.2. The number of nitrogens with two attached hydrogens (primary N) is 1. The normalized spacial score (nSPS) is 10.4. The van der Waals surface area contributed by atoms with Crippen LogP contribution in [-0.2, 0) is 6.42 Å². The van der Waals surface area contributed by atoms with E-state index in [4.69, 9.17) is 5.73 Å². The van der Waals surface area contributed by atoms with Gasteiger partial charge in [-0.2, -0.15) is 0 Å². The maximum atomic E-state index is 9.93. The fraction of sp³-hybridized carbons (Fsp3) is 0.143. The van der Waals surface area contributed by atoms with Gasteiger partial charge >= 0.3 is 0 Å². The third-order valence-electron chi connectivity index (χ3n) is 2.82. The zero-order valence-electron chi connectivity index (χ0n) is 9.64. The number of aromatic hydroxyl groups is 2. The van der Waals surface area contributed by atoms with E-state index in [1.54, 1.807) is 12.1 Å². The molecule has 0 saturated heterocycles. The fourth-order valence-electron chi connectivity index (χ4n) is 1.95. The van der Waals surface area contributed by atoms with Gasteiger partial charge in [-0.05, 0) is 36.2 Å². The van der Waals surface area contributed by atoms with Crippen LogP contribution in [0.1, 0.15) is 12.5 Å². The van der Waals surface area contributed by atoms with E-state index in [1.165, 1.54) is 12.1 Å². The average Bonchev–Trinajstić information content (AvgIpc) is 2.33. The number of hydrogen-bond donors (Lipinski definition) is 3. The molecule has 17 heavy (non-hydrogen) atoms. The number of phenolic OH excluding ortho intramolecular Hbond substituents is 2.